The van der Waals surface area contributed by atoms with E-state index in [1.54, 1.807) is 14.1 Å². The van der Waals surface area contributed by atoms with Crippen LogP contribution in [0.1, 0.15) is 123 Å². The van der Waals surface area contributed by atoms with Crippen molar-refractivity contribution in [2.45, 2.75) is 123 Å². The highest BCUT2D eigenvalue weighted by Crippen LogP contribution is 2.13. The van der Waals surface area contributed by atoms with Crippen LogP contribution in [0.25, 0.3) is 0 Å². The number of nitrogens with two attached hydrogens (primary N) is 1. The topological polar surface area (TPSA) is 66.2 Å². The third-order valence-electron chi connectivity index (χ3n) is 4.79. The van der Waals surface area contributed by atoms with E-state index >= 15 is 0 Å². The Morgan fingerprint density at radius 1 is 0.667 bits per heavy atom. The van der Waals surface area contributed by atoms with Gasteiger partial charge in [-0.15, -0.1) is 0 Å². The molecule has 0 radical (unpaired) electrons. The Balaban J connectivity index is 0. The number of rotatable bonds is 18. The summed E-state index contributed by atoms with van der Waals surface area (Å²) in [5.41, 5.74) is 5.11. The van der Waals surface area contributed by atoms with Crippen molar-refractivity contribution in [3.63, 3.8) is 0 Å². The van der Waals surface area contributed by atoms with E-state index in [4.69, 9.17) is 5.73 Å². The Bertz CT molecular complexity index is 301. The van der Waals surface area contributed by atoms with Crippen LogP contribution in [0.4, 0.5) is 0 Å². The molecule has 0 spiro atoms. The van der Waals surface area contributed by atoms with Crippen LogP contribution in [-0.4, -0.2) is 31.2 Å². The second-order valence-electron chi connectivity index (χ2n) is 8.46. The van der Waals surface area contributed by atoms with Gasteiger partial charge in [0, 0.05) is 6.42 Å². The summed E-state index contributed by atoms with van der Waals surface area (Å²) in [6, 6.07) is 0. The average molecular weight is 387 g/mol. The summed E-state index contributed by atoms with van der Waals surface area (Å²) >= 11 is 0. The second-order valence-corrected chi connectivity index (χ2v) is 8.46. The number of carbonyl (C=O) groups excluding carboxylic acids is 1. The maximum atomic E-state index is 10.6. The van der Waals surface area contributed by atoms with Crippen molar-refractivity contribution in [2.75, 3.05) is 20.6 Å². The molecule has 0 aromatic heterocycles. The minimum absolute atomic E-state index is 0.153. The molecule has 0 bridgehead atoms. The molecule has 4 nitrogen and oxygen atoms in total. The van der Waals surface area contributed by atoms with E-state index in [2.05, 4.69) is 6.92 Å². The number of quaternary nitrogens is 1. The van der Waals surface area contributed by atoms with E-state index in [0.29, 0.717) is 6.42 Å². The van der Waals surface area contributed by atoms with Gasteiger partial charge < -0.3 is 15.6 Å². The molecule has 0 aliphatic rings. The molecule has 0 heterocycles. The first-order valence-electron chi connectivity index (χ1n) is 11.7. The van der Waals surface area contributed by atoms with Gasteiger partial charge in [0.15, 0.2) is 0 Å². The highest BCUT2D eigenvalue weighted by atomic mass is 16.5. The number of carbonyl (C=O) groups is 1. The Labute approximate surface area is 170 Å². The molecule has 4 heteroatoms. The number of unbranched alkanes of at least 4 members (excludes halogenated alkanes) is 14. The molecule has 0 rings (SSSR count). The molecule has 0 fully saturated rings. The van der Waals surface area contributed by atoms with E-state index in [1.807, 2.05) is 6.92 Å². The van der Waals surface area contributed by atoms with Gasteiger partial charge in [-0.3, -0.25) is 4.79 Å². The molecule has 2 N–H and O–H groups in total. The molecule has 0 aromatic rings. The van der Waals surface area contributed by atoms with Crippen LogP contribution in [0.5, 0.6) is 0 Å². The van der Waals surface area contributed by atoms with E-state index in [-0.39, 0.29) is 10.6 Å². The minimum Gasteiger partial charge on any atom is -0.633 e. The van der Waals surface area contributed by atoms with Crippen LogP contribution >= 0.6 is 0 Å². The van der Waals surface area contributed by atoms with Crippen molar-refractivity contribution in [3.05, 3.63) is 5.21 Å². The van der Waals surface area contributed by atoms with Crippen molar-refractivity contribution in [1.82, 2.24) is 0 Å². The maximum absolute atomic E-state index is 10.6. The number of amides is 1. The highest BCUT2D eigenvalue weighted by Gasteiger charge is 1.96. The number of hydrogen-bond acceptors (Lipinski definition) is 2. The number of nitrogens with zero attached hydrogens (tertiary/aromatic N) is 1. The SMILES string of the molecule is CCCCCCCCCCCCCCCCCC(N)=O.CCC[N+](C)(C)[O-]. The van der Waals surface area contributed by atoms with Crippen molar-refractivity contribution in [2.24, 2.45) is 5.73 Å². The Morgan fingerprint density at radius 2 is 1.00 bits per heavy atom. The van der Waals surface area contributed by atoms with E-state index < -0.39 is 0 Å². The zero-order chi connectivity index (χ0) is 20.8. The van der Waals surface area contributed by atoms with Gasteiger partial charge in [-0.25, -0.2) is 0 Å². The van der Waals surface area contributed by atoms with Crippen LogP contribution in [-0.2, 0) is 4.79 Å². The molecule has 0 aliphatic carbocycles. The van der Waals surface area contributed by atoms with E-state index in [1.165, 1.54) is 89.9 Å². The van der Waals surface area contributed by atoms with Gasteiger partial charge in [0.2, 0.25) is 5.91 Å². The zero-order valence-corrected chi connectivity index (χ0v) is 19.1. The van der Waals surface area contributed by atoms with Crippen LogP contribution in [0, 0.1) is 5.21 Å². The van der Waals surface area contributed by atoms with Crippen LogP contribution in [0.2, 0.25) is 0 Å². The Hall–Kier alpha value is -0.610. The summed E-state index contributed by atoms with van der Waals surface area (Å²) in [7, 11) is 3.31. The normalized spacial score (nSPS) is 11.1. The van der Waals surface area contributed by atoms with Crippen molar-refractivity contribution < 1.29 is 9.44 Å². The highest BCUT2D eigenvalue weighted by molar-refractivity contribution is 5.73. The second kappa shape index (κ2) is 21.7. The molecule has 1 amide bonds. The van der Waals surface area contributed by atoms with Gasteiger partial charge >= 0.3 is 0 Å². The molecule has 27 heavy (non-hydrogen) atoms. The summed E-state index contributed by atoms with van der Waals surface area (Å²) in [6.45, 7) is 5.01. The lowest BCUT2D eigenvalue weighted by Gasteiger charge is -2.33. The molecule has 0 aliphatic heterocycles. The monoisotopic (exact) mass is 386 g/mol. The van der Waals surface area contributed by atoms with Crippen molar-refractivity contribution in [1.29, 1.82) is 0 Å². The number of primary amides is 1. The minimum atomic E-state index is -0.156. The van der Waals surface area contributed by atoms with Gasteiger partial charge in [0.05, 0.1) is 20.6 Å². The lowest BCUT2D eigenvalue weighted by Crippen LogP contribution is -2.32. The van der Waals surface area contributed by atoms with E-state index in [9.17, 15) is 10.0 Å². The molecule has 0 saturated heterocycles. The average Bonchev–Trinajstić information content (AvgIpc) is 2.57. The molecule has 164 valence electrons. The Kier molecular flexibility index (Phi) is 23.0. The predicted octanol–water partition coefficient (Wildman–Crippen LogP) is 6.70. The van der Waals surface area contributed by atoms with Crippen LogP contribution in [0.15, 0.2) is 0 Å². The number of hydrogen-bond donors (Lipinski definition) is 1. The van der Waals surface area contributed by atoms with Crippen molar-refractivity contribution in [3.8, 4) is 0 Å². The lowest BCUT2D eigenvalue weighted by atomic mass is 10.0. The largest absolute Gasteiger partial charge is 0.633 e. The quantitative estimate of drug-likeness (QED) is 0.162. The summed E-state index contributed by atoms with van der Waals surface area (Å²) in [5, 5.41) is 10.6. The first-order chi connectivity index (χ1) is 12.8. The third-order valence-corrected chi connectivity index (χ3v) is 4.79. The predicted molar refractivity (Wildman–Crippen MR) is 119 cm³/mol. The summed E-state index contributed by atoms with van der Waals surface area (Å²) in [5.74, 6) is -0.153. The molecular weight excluding hydrogens is 336 g/mol. The van der Waals surface area contributed by atoms with Gasteiger partial charge in [-0.05, 0) is 12.8 Å². The van der Waals surface area contributed by atoms with E-state index in [0.717, 1.165) is 19.4 Å². The Morgan fingerprint density at radius 3 is 1.22 bits per heavy atom. The first-order valence-corrected chi connectivity index (χ1v) is 11.7. The molecule has 0 atom stereocenters. The standard InChI is InChI=1S/C18H37NO.C5H13NO/c1-2-3-4-5-6-7-8-9-10-11-12-13-14-15-16-17-18(19)20;1-4-5-6(2,3)7/h2-17H2,1H3,(H2,19,20);4-5H2,1-3H3. The number of hydroxylamine groups is 3. The lowest BCUT2D eigenvalue weighted by molar-refractivity contribution is -0.839. The van der Waals surface area contributed by atoms with Gasteiger partial charge in [-0.1, -0.05) is 104 Å². The molecule has 0 unspecified atom stereocenters. The van der Waals surface area contributed by atoms with Crippen LogP contribution in [0.3, 0.4) is 0 Å². The molecule has 0 aromatic carbocycles. The fourth-order valence-electron chi connectivity index (χ4n) is 3.21. The van der Waals surface area contributed by atoms with Gasteiger partial charge in [0.1, 0.15) is 0 Å². The van der Waals surface area contributed by atoms with Crippen molar-refractivity contribution >= 4 is 5.91 Å². The summed E-state index contributed by atoms with van der Waals surface area (Å²) in [4.78, 5) is 10.6. The van der Waals surface area contributed by atoms with Gasteiger partial charge in [-0.2, -0.15) is 0 Å². The smallest absolute Gasteiger partial charge is 0.217 e. The maximum Gasteiger partial charge on any atom is 0.217 e. The first kappa shape index (κ1) is 28.6. The fraction of sp³-hybridized carbons (Fsp3) is 0.957. The molecule has 0 saturated carbocycles. The summed E-state index contributed by atoms with van der Waals surface area (Å²) < 4.78 is -0.156. The molecular formula is C23H50N2O2. The summed E-state index contributed by atoms with van der Waals surface area (Å²) in [6.07, 6.45) is 21.8. The third kappa shape index (κ3) is 33.4. The van der Waals surface area contributed by atoms with Crippen LogP contribution < -0.4 is 5.73 Å². The zero-order valence-electron chi connectivity index (χ0n) is 19.1. The fourth-order valence-corrected chi connectivity index (χ4v) is 3.21. The van der Waals surface area contributed by atoms with Gasteiger partial charge in [0.25, 0.3) is 0 Å².